The monoisotopic (exact) mass is 281 g/mol. The molecular formula is C14H19NO3S. The van der Waals surface area contributed by atoms with Crippen LogP contribution in [0.4, 0.5) is 0 Å². The van der Waals surface area contributed by atoms with E-state index >= 15 is 0 Å². The Bertz CT molecular complexity index is 444. The van der Waals surface area contributed by atoms with Crippen LogP contribution in [0.2, 0.25) is 0 Å². The highest BCUT2D eigenvalue weighted by Crippen LogP contribution is 2.31. The fourth-order valence-electron chi connectivity index (χ4n) is 2.03. The second-order valence-corrected chi connectivity index (χ2v) is 5.65. The van der Waals surface area contributed by atoms with Gasteiger partial charge in [0.05, 0.1) is 13.7 Å². The van der Waals surface area contributed by atoms with E-state index in [4.69, 9.17) is 15.2 Å². The summed E-state index contributed by atoms with van der Waals surface area (Å²) in [6.45, 7) is 0.00318. The summed E-state index contributed by atoms with van der Waals surface area (Å²) in [5, 5.41) is 0. The quantitative estimate of drug-likeness (QED) is 0.838. The summed E-state index contributed by atoms with van der Waals surface area (Å²) in [6, 6.07) is 5.23. The van der Waals surface area contributed by atoms with E-state index in [1.54, 1.807) is 25.3 Å². The minimum atomic E-state index is -0.0982. The molecule has 1 heterocycles. The molecule has 2 rings (SSSR count). The van der Waals surface area contributed by atoms with Gasteiger partial charge in [0.1, 0.15) is 6.10 Å². The Balaban J connectivity index is 2.13. The molecule has 2 N–H and O–H groups in total. The van der Waals surface area contributed by atoms with Gasteiger partial charge in [-0.1, -0.05) is 0 Å². The number of carbonyl (C=O) groups excluding carboxylic acids is 1. The van der Waals surface area contributed by atoms with E-state index in [0.717, 1.165) is 24.3 Å². The number of ketones is 1. The third-order valence-electron chi connectivity index (χ3n) is 3.13. The zero-order chi connectivity index (χ0) is 13.7. The van der Waals surface area contributed by atoms with Gasteiger partial charge in [0.25, 0.3) is 0 Å². The first-order valence-corrected chi connectivity index (χ1v) is 7.55. The van der Waals surface area contributed by atoms with Gasteiger partial charge in [-0.2, -0.15) is 11.8 Å². The van der Waals surface area contributed by atoms with Crippen molar-refractivity contribution in [3.8, 4) is 11.5 Å². The van der Waals surface area contributed by atoms with E-state index in [9.17, 15) is 4.79 Å². The first kappa shape index (κ1) is 14.2. The Labute approximate surface area is 117 Å². The molecule has 0 amide bonds. The van der Waals surface area contributed by atoms with Gasteiger partial charge in [-0.05, 0) is 42.5 Å². The topological polar surface area (TPSA) is 61.5 Å². The van der Waals surface area contributed by atoms with Gasteiger partial charge in [0.15, 0.2) is 17.3 Å². The van der Waals surface area contributed by atoms with Crippen LogP contribution in [0.15, 0.2) is 18.2 Å². The molecule has 0 bridgehead atoms. The molecule has 4 nitrogen and oxygen atoms in total. The predicted octanol–water partition coefficient (Wildman–Crippen LogP) is 2.11. The van der Waals surface area contributed by atoms with Crippen LogP contribution < -0.4 is 15.2 Å². The lowest BCUT2D eigenvalue weighted by molar-refractivity contribution is 0.100. The van der Waals surface area contributed by atoms with E-state index in [1.165, 1.54) is 0 Å². The standard InChI is InChI=1S/C14H19NO3S/c1-17-14-8-10(12(16)9-15)2-3-13(14)18-11-4-6-19-7-5-11/h2-3,8,11H,4-7,9,15H2,1H3. The Kier molecular flexibility index (Phi) is 5.10. The van der Waals surface area contributed by atoms with Crippen LogP contribution in [0.3, 0.4) is 0 Å². The average molecular weight is 281 g/mol. The van der Waals surface area contributed by atoms with E-state index in [2.05, 4.69) is 0 Å². The summed E-state index contributed by atoms with van der Waals surface area (Å²) in [7, 11) is 1.58. The van der Waals surface area contributed by atoms with Crippen molar-refractivity contribution in [2.24, 2.45) is 5.73 Å². The van der Waals surface area contributed by atoms with Crippen molar-refractivity contribution in [2.75, 3.05) is 25.2 Å². The van der Waals surface area contributed by atoms with Crippen LogP contribution in [-0.2, 0) is 0 Å². The summed E-state index contributed by atoms with van der Waals surface area (Å²) in [5.74, 6) is 3.47. The summed E-state index contributed by atoms with van der Waals surface area (Å²) in [6.07, 6.45) is 2.35. The number of hydrogen-bond acceptors (Lipinski definition) is 5. The van der Waals surface area contributed by atoms with E-state index < -0.39 is 0 Å². The fourth-order valence-corrected chi connectivity index (χ4v) is 3.09. The molecule has 0 unspecified atom stereocenters. The van der Waals surface area contributed by atoms with Crippen molar-refractivity contribution in [1.82, 2.24) is 0 Å². The SMILES string of the molecule is COc1cc(C(=O)CN)ccc1OC1CCSCC1. The summed E-state index contributed by atoms with van der Waals surface area (Å²) in [5.41, 5.74) is 5.92. The zero-order valence-corrected chi connectivity index (χ0v) is 11.9. The van der Waals surface area contributed by atoms with Crippen LogP contribution in [0.5, 0.6) is 11.5 Å². The Morgan fingerprint density at radius 2 is 2.11 bits per heavy atom. The summed E-state index contributed by atoms with van der Waals surface area (Å²) < 4.78 is 11.3. The molecule has 0 aromatic heterocycles. The molecule has 104 valence electrons. The second kappa shape index (κ2) is 6.82. The van der Waals surface area contributed by atoms with Crippen molar-refractivity contribution < 1.29 is 14.3 Å². The number of thioether (sulfide) groups is 1. The molecule has 1 aromatic rings. The molecule has 19 heavy (non-hydrogen) atoms. The largest absolute Gasteiger partial charge is 0.493 e. The molecule has 1 aliphatic heterocycles. The summed E-state index contributed by atoms with van der Waals surface area (Å²) in [4.78, 5) is 11.6. The van der Waals surface area contributed by atoms with Crippen molar-refractivity contribution >= 4 is 17.5 Å². The lowest BCUT2D eigenvalue weighted by atomic mass is 10.1. The number of hydrogen-bond donors (Lipinski definition) is 1. The van der Waals surface area contributed by atoms with Gasteiger partial charge in [-0.25, -0.2) is 0 Å². The normalized spacial score (nSPS) is 16.1. The minimum absolute atomic E-state index is 0.00318. The molecule has 0 aliphatic carbocycles. The van der Waals surface area contributed by atoms with E-state index in [-0.39, 0.29) is 18.4 Å². The lowest BCUT2D eigenvalue weighted by Gasteiger charge is -2.23. The van der Waals surface area contributed by atoms with Gasteiger partial charge < -0.3 is 15.2 Å². The van der Waals surface area contributed by atoms with Crippen LogP contribution in [0.1, 0.15) is 23.2 Å². The third-order valence-corrected chi connectivity index (χ3v) is 4.18. The highest BCUT2D eigenvalue weighted by molar-refractivity contribution is 7.99. The number of benzene rings is 1. The lowest BCUT2D eigenvalue weighted by Crippen LogP contribution is -2.22. The first-order chi connectivity index (χ1) is 9.24. The molecule has 0 saturated carbocycles. The van der Waals surface area contributed by atoms with E-state index in [0.29, 0.717) is 17.1 Å². The molecular weight excluding hydrogens is 262 g/mol. The maximum absolute atomic E-state index is 11.6. The van der Waals surface area contributed by atoms with Crippen LogP contribution in [0, 0.1) is 0 Å². The zero-order valence-electron chi connectivity index (χ0n) is 11.1. The van der Waals surface area contributed by atoms with Crippen LogP contribution in [-0.4, -0.2) is 37.0 Å². The van der Waals surface area contributed by atoms with E-state index in [1.807, 2.05) is 11.8 Å². The predicted molar refractivity (Wildman–Crippen MR) is 77.4 cm³/mol. The Morgan fingerprint density at radius 1 is 1.37 bits per heavy atom. The number of ether oxygens (including phenoxy) is 2. The van der Waals surface area contributed by atoms with Gasteiger partial charge in [-0.15, -0.1) is 0 Å². The molecule has 0 radical (unpaired) electrons. The Morgan fingerprint density at radius 3 is 2.74 bits per heavy atom. The van der Waals surface area contributed by atoms with Crippen LogP contribution >= 0.6 is 11.8 Å². The molecule has 5 heteroatoms. The highest BCUT2D eigenvalue weighted by atomic mass is 32.2. The summed E-state index contributed by atoms with van der Waals surface area (Å²) >= 11 is 1.96. The van der Waals surface area contributed by atoms with Gasteiger partial charge >= 0.3 is 0 Å². The highest BCUT2D eigenvalue weighted by Gasteiger charge is 2.18. The van der Waals surface area contributed by atoms with Gasteiger partial charge in [0, 0.05) is 5.56 Å². The van der Waals surface area contributed by atoms with Crippen molar-refractivity contribution in [1.29, 1.82) is 0 Å². The molecule has 1 saturated heterocycles. The molecule has 1 aliphatic rings. The molecule has 0 spiro atoms. The van der Waals surface area contributed by atoms with Gasteiger partial charge in [-0.3, -0.25) is 4.79 Å². The number of carbonyl (C=O) groups is 1. The number of Topliss-reactive ketones (excluding diaryl/α,β-unsaturated/α-hetero) is 1. The second-order valence-electron chi connectivity index (χ2n) is 4.42. The maximum Gasteiger partial charge on any atom is 0.176 e. The smallest absolute Gasteiger partial charge is 0.176 e. The van der Waals surface area contributed by atoms with Crippen molar-refractivity contribution in [2.45, 2.75) is 18.9 Å². The first-order valence-electron chi connectivity index (χ1n) is 6.40. The molecule has 0 atom stereocenters. The van der Waals surface area contributed by atoms with Crippen LogP contribution in [0.25, 0.3) is 0 Å². The average Bonchev–Trinajstić information content (AvgIpc) is 2.48. The molecule has 1 fully saturated rings. The maximum atomic E-state index is 11.6. The molecule has 1 aromatic carbocycles. The number of methoxy groups -OCH3 is 1. The fraction of sp³-hybridized carbons (Fsp3) is 0.500. The third kappa shape index (κ3) is 3.64. The number of rotatable bonds is 5. The van der Waals surface area contributed by atoms with Gasteiger partial charge in [0.2, 0.25) is 0 Å². The Hall–Kier alpha value is -1.20. The number of nitrogens with two attached hydrogens (primary N) is 1. The minimum Gasteiger partial charge on any atom is -0.493 e. The van der Waals surface area contributed by atoms with Crippen molar-refractivity contribution in [3.05, 3.63) is 23.8 Å². The van der Waals surface area contributed by atoms with Crippen molar-refractivity contribution in [3.63, 3.8) is 0 Å².